The molecule has 0 amide bonds. The standard InChI is InChI=1S/C16H21N3OS/c1-11(2)17-9-5-8-15-18-19-16(20-15)13-10-21-14-7-4-3-6-12(13)14/h3-4,6-7,11,13,17H,5,8-10H2,1-2H3. The van der Waals surface area contributed by atoms with Crippen molar-refractivity contribution in [1.29, 1.82) is 0 Å². The number of benzene rings is 1. The molecule has 0 aliphatic carbocycles. The maximum atomic E-state index is 5.87. The number of thioether (sulfide) groups is 1. The molecular weight excluding hydrogens is 282 g/mol. The fraction of sp³-hybridized carbons (Fsp3) is 0.500. The van der Waals surface area contributed by atoms with E-state index in [1.54, 1.807) is 0 Å². The normalized spacial score (nSPS) is 17.4. The summed E-state index contributed by atoms with van der Waals surface area (Å²) in [6.45, 7) is 5.29. The predicted octanol–water partition coefficient (Wildman–Crippen LogP) is 3.24. The van der Waals surface area contributed by atoms with Crippen LogP contribution in [0.2, 0.25) is 0 Å². The van der Waals surface area contributed by atoms with E-state index in [0.29, 0.717) is 6.04 Å². The predicted molar refractivity (Wildman–Crippen MR) is 84.8 cm³/mol. The Morgan fingerprint density at radius 1 is 1.33 bits per heavy atom. The third-order valence-corrected chi connectivity index (χ3v) is 4.78. The highest BCUT2D eigenvalue weighted by Gasteiger charge is 2.28. The molecule has 0 fully saturated rings. The smallest absolute Gasteiger partial charge is 0.224 e. The van der Waals surface area contributed by atoms with Gasteiger partial charge in [0.05, 0.1) is 5.92 Å². The molecule has 2 heterocycles. The second-order valence-corrected chi connectivity index (χ2v) is 6.71. The number of hydrogen-bond donors (Lipinski definition) is 1. The van der Waals surface area contributed by atoms with Gasteiger partial charge in [0, 0.05) is 23.1 Å². The molecule has 21 heavy (non-hydrogen) atoms. The molecule has 5 heteroatoms. The van der Waals surface area contributed by atoms with Crippen LogP contribution in [0.3, 0.4) is 0 Å². The van der Waals surface area contributed by atoms with Gasteiger partial charge in [0.15, 0.2) is 0 Å². The number of aromatic nitrogens is 2. The molecule has 0 saturated heterocycles. The van der Waals surface area contributed by atoms with E-state index in [9.17, 15) is 0 Å². The maximum Gasteiger partial charge on any atom is 0.224 e. The molecule has 3 rings (SSSR count). The molecule has 1 aromatic heterocycles. The molecule has 1 unspecified atom stereocenters. The summed E-state index contributed by atoms with van der Waals surface area (Å²) < 4.78 is 5.87. The van der Waals surface area contributed by atoms with Gasteiger partial charge in [-0.2, -0.15) is 0 Å². The van der Waals surface area contributed by atoms with Crippen LogP contribution in [0.5, 0.6) is 0 Å². The van der Waals surface area contributed by atoms with Crippen molar-refractivity contribution in [3.63, 3.8) is 0 Å². The monoisotopic (exact) mass is 303 g/mol. The van der Waals surface area contributed by atoms with E-state index in [2.05, 4.69) is 53.6 Å². The number of nitrogens with one attached hydrogen (secondary N) is 1. The molecule has 0 spiro atoms. The number of nitrogens with zero attached hydrogens (tertiary/aromatic N) is 2. The van der Waals surface area contributed by atoms with Gasteiger partial charge >= 0.3 is 0 Å². The largest absolute Gasteiger partial charge is 0.425 e. The van der Waals surface area contributed by atoms with E-state index in [-0.39, 0.29) is 5.92 Å². The average molecular weight is 303 g/mol. The lowest BCUT2D eigenvalue weighted by molar-refractivity contribution is 0.431. The number of fused-ring (bicyclic) bond motifs is 1. The third kappa shape index (κ3) is 3.47. The van der Waals surface area contributed by atoms with Crippen molar-refractivity contribution in [2.24, 2.45) is 0 Å². The lowest BCUT2D eigenvalue weighted by atomic mass is 10.0. The van der Waals surface area contributed by atoms with Gasteiger partial charge < -0.3 is 9.73 Å². The second kappa shape index (κ2) is 6.62. The van der Waals surface area contributed by atoms with Crippen LogP contribution in [0, 0.1) is 0 Å². The van der Waals surface area contributed by atoms with Crippen LogP contribution in [-0.4, -0.2) is 28.5 Å². The lowest BCUT2D eigenvalue weighted by Gasteiger charge is -2.06. The van der Waals surface area contributed by atoms with Crippen molar-refractivity contribution in [3.8, 4) is 0 Å². The van der Waals surface area contributed by atoms with Crippen LogP contribution in [0.1, 0.15) is 43.5 Å². The van der Waals surface area contributed by atoms with Crippen molar-refractivity contribution in [1.82, 2.24) is 15.5 Å². The van der Waals surface area contributed by atoms with Gasteiger partial charge in [-0.25, -0.2) is 0 Å². The van der Waals surface area contributed by atoms with Crippen molar-refractivity contribution in [2.75, 3.05) is 12.3 Å². The van der Waals surface area contributed by atoms with Crippen LogP contribution in [-0.2, 0) is 6.42 Å². The molecule has 1 aliphatic heterocycles. The molecule has 0 bridgehead atoms. The maximum absolute atomic E-state index is 5.87. The van der Waals surface area contributed by atoms with E-state index >= 15 is 0 Å². The summed E-state index contributed by atoms with van der Waals surface area (Å²) in [6.07, 6.45) is 1.87. The zero-order chi connectivity index (χ0) is 14.7. The van der Waals surface area contributed by atoms with Crippen molar-refractivity contribution < 1.29 is 4.42 Å². The minimum absolute atomic E-state index is 0.251. The summed E-state index contributed by atoms with van der Waals surface area (Å²) in [4.78, 5) is 1.34. The van der Waals surface area contributed by atoms with Crippen LogP contribution in [0.15, 0.2) is 33.6 Å². The van der Waals surface area contributed by atoms with Gasteiger partial charge in [0.25, 0.3) is 0 Å². The highest BCUT2D eigenvalue weighted by atomic mass is 32.2. The lowest BCUT2D eigenvalue weighted by Crippen LogP contribution is -2.23. The molecule has 1 aromatic carbocycles. The van der Waals surface area contributed by atoms with E-state index < -0.39 is 0 Å². The van der Waals surface area contributed by atoms with Crippen LogP contribution in [0.4, 0.5) is 0 Å². The van der Waals surface area contributed by atoms with Crippen molar-refractivity contribution in [2.45, 2.75) is 43.5 Å². The first-order chi connectivity index (χ1) is 10.2. The van der Waals surface area contributed by atoms with Crippen molar-refractivity contribution >= 4 is 11.8 Å². The summed E-state index contributed by atoms with van der Waals surface area (Å²) in [7, 11) is 0. The molecule has 2 aromatic rings. The first-order valence-electron chi connectivity index (χ1n) is 7.51. The fourth-order valence-electron chi connectivity index (χ4n) is 2.51. The topological polar surface area (TPSA) is 51.0 Å². The quantitative estimate of drug-likeness (QED) is 0.830. The van der Waals surface area contributed by atoms with Crippen LogP contribution < -0.4 is 5.32 Å². The molecular formula is C16H21N3OS. The Balaban J connectivity index is 1.61. The Kier molecular flexibility index (Phi) is 4.60. The Bertz CT molecular complexity index is 597. The summed E-state index contributed by atoms with van der Waals surface area (Å²) in [5, 5.41) is 11.9. The van der Waals surface area contributed by atoms with Crippen LogP contribution in [0.25, 0.3) is 0 Å². The Labute approximate surface area is 129 Å². The van der Waals surface area contributed by atoms with Crippen molar-refractivity contribution in [3.05, 3.63) is 41.6 Å². The second-order valence-electron chi connectivity index (χ2n) is 5.65. The minimum atomic E-state index is 0.251. The third-order valence-electron chi connectivity index (χ3n) is 3.60. The molecule has 4 nitrogen and oxygen atoms in total. The first kappa shape index (κ1) is 14.6. The SMILES string of the molecule is CC(C)NCCCc1nnc(C2CSc3ccccc32)o1. The van der Waals surface area contributed by atoms with E-state index in [0.717, 1.165) is 36.9 Å². The molecule has 0 radical (unpaired) electrons. The Morgan fingerprint density at radius 2 is 2.19 bits per heavy atom. The number of aryl methyl sites for hydroxylation is 1. The highest BCUT2D eigenvalue weighted by Crippen LogP contribution is 2.42. The first-order valence-corrected chi connectivity index (χ1v) is 8.50. The Hall–Kier alpha value is -1.33. The molecule has 1 aliphatic rings. The minimum Gasteiger partial charge on any atom is -0.425 e. The van der Waals surface area contributed by atoms with Gasteiger partial charge in [-0.3, -0.25) is 0 Å². The summed E-state index contributed by atoms with van der Waals surface area (Å²) >= 11 is 1.87. The average Bonchev–Trinajstić information content (AvgIpc) is 3.09. The van der Waals surface area contributed by atoms with Crippen LogP contribution >= 0.6 is 11.8 Å². The molecule has 112 valence electrons. The van der Waals surface area contributed by atoms with E-state index in [4.69, 9.17) is 4.42 Å². The molecule has 0 saturated carbocycles. The zero-order valence-corrected chi connectivity index (χ0v) is 13.3. The summed E-state index contributed by atoms with van der Waals surface area (Å²) in [5.74, 6) is 2.76. The number of hydrogen-bond acceptors (Lipinski definition) is 5. The van der Waals surface area contributed by atoms with Gasteiger partial charge in [0.2, 0.25) is 11.8 Å². The zero-order valence-electron chi connectivity index (χ0n) is 12.5. The summed E-state index contributed by atoms with van der Waals surface area (Å²) in [6, 6.07) is 9.00. The fourth-order valence-corrected chi connectivity index (χ4v) is 3.73. The van der Waals surface area contributed by atoms with Gasteiger partial charge in [-0.05, 0) is 24.6 Å². The van der Waals surface area contributed by atoms with Gasteiger partial charge in [0.1, 0.15) is 0 Å². The van der Waals surface area contributed by atoms with E-state index in [1.165, 1.54) is 10.5 Å². The van der Waals surface area contributed by atoms with E-state index in [1.807, 2.05) is 11.8 Å². The molecule has 1 atom stereocenters. The Morgan fingerprint density at radius 3 is 3.05 bits per heavy atom. The number of rotatable bonds is 6. The van der Waals surface area contributed by atoms with Gasteiger partial charge in [-0.15, -0.1) is 22.0 Å². The highest BCUT2D eigenvalue weighted by molar-refractivity contribution is 7.99. The molecule has 1 N–H and O–H groups in total. The van der Waals surface area contributed by atoms with Gasteiger partial charge in [-0.1, -0.05) is 32.0 Å². The summed E-state index contributed by atoms with van der Waals surface area (Å²) in [5.41, 5.74) is 1.32.